The van der Waals surface area contributed by atoms with Crippen LogP contribution in [-0.2, 0) is 11.3 Å². The normalized spacial score (nSPS) is 11.0. The number of hydrogen-bond acceptors (Lipinski definition) is 3. The van der Waals surface area contributed by atoms with Gasteiger partial charge in [-0.05, 0) is 46.0 Å². The average Bonchev–Trinajstić information content (AvgIpc) is 2.37. The summed E-state index contributed by atoms with van der Waals surface area (Å²) in [6.07, 6.45) is 1.13. The topological polar surface area (TPSA) is 30.5 Å². The lowest BCUT2D eigenvalue weighted by Gasteiger charge is -2.09. The molecule has 3 nitrogen and oxygen atoms in total. The number of ether oxygens (including phenoxy) is 2. The number of benzene rings is 1. The van der Waals surface area contributed by atoms with Crippen LogP contribution in [0.4, 0.5) is 0 Å². The van der Waals surface area contributed by atoms with Gasteiger partial charge in [0.1, 0.15) is 5.75 Å². The SMILES string of the molecule is COc1ccc(CNCCOCCC(C)C)cc1Br. The van der Waals surface area contributed by atoms with Gasteiger partial charge in [-0.1, -0.05) is 19.9 Å². The minimum Gasteiger partial charge on any atom is -0.496 e. The van der Waals surface area contributed by atoms with Gasteiger partial charge >= 0.3 is 0 Å². The molecule has 1 aromatic rings. The predicted octanol–water partition coefficient (Wildman–Crippen LogP) is 3.61. The molecule has 1 aromatic carbocycles. The standard InChI is InChI=1S/C15H24BrNO2/c1-12(2)6-8-19-9-7-17-11-13-4-5-15(18-3)14(16)10-13/h4-5,10,12,17H,6-9,11H2,1-3H3. The largest absolute Gasteiger partial charge is 0.496 e. The van der Waals surface area contributed by atoms with Gasteiger partial charge in [0, 0.05) is 19.7 Å². The quantitative estimate of drug-likeness (QED) is 0.702. The van der Waals surface area contributed by atoms with Crippen LogP contribution >= 0.6 is 15.9 Å². The molecule has 1 rings (SSSR count). The Hall–Kier alpha value is -0.580. The number of hydrogen-bond donors (Lipinski definition) is 1. The van der Waals surface area contributed by atoms with Crippen LogP contribution in [0.1, 0.15) is 25.8 Å². The molecule has 0 aliphatic heterocycles. The lowest BCUT2D eigenvalue weighted by atomic mass is 10.1. The molecule has 1 N–H and O–H groups in total. The highest BCUT2D eigenvalue weighted by molar-refractivity contribution is 9.10. The zero-order valence-corrected chi connectivity index (χ0v) is 13.6. The first-order chi connectivity index (χ1) is 9.13. The van der Waals surface area contributed by atoms with E-state index in [0.29, 0.717) is 5.92 Å². The Kier molecular flexibility index (Phi) is 8.10. The Bertz CT molecular complexity index is 369. The summed E-state index contributed by atoms with van der Waals surface area (Å²) in [4.78, 5) is 0. The van der Waals surface area contributed by atoms with Crippen molar-refractivity contribution < 1.29 is 9.47 Å². The first-order valence-corrected chi connectivity index (χ1v) is 7.53. The second kappa shape index (κ2) is 9.34. The highest BCUT2D eigenvalue weighted by atomic mass is 79.9. The van der Waals surface area contributed by atoms with Crippen LogP contribution in [0, 0.1) is 5.92 Å². The van der Waals surface area contributed by atoms with Gasteiger partial charge in [0.05, 0.1) is 18.2 Å². The molecule has 0 radical (unpaired) electrons. The third-order valence-corrected chi connectivity index (χ3v) is 3.43. The lowest BCUT2D eigenvalue weighted by Crippen LogP contribution is -2.19. The van der Waals surface area contributed by atoms with Crippen molar-refractivity contribution in [1.82, 2.24) is 5.32 Å². The number of nitrogens with one attached hydrogen (secondary N) is 1. The molecule has 4 heteroatoms. The van der Waals surface area contributed by atoms with Crippen molar-refractivity contribution in [2.24, 2.45) is 5.92 Å². The molecule has 0 bridgehead atoms. The zero-order valence-electron chi connectivity index (χ0n) is 12.0. The van der Waals surface area contributed by atoms with E-state index in [2.05, 4.69) is 47.2 Å². The van der Waals surface area contributed by atoms with Gasteiger partial charge in [-0.3, -0.25) is 0 Å². The Morgan fingerprint density at radius 1 is 1.26 bits per heavy atom. The van der Waals surface area contributed by atoms with Crippen molar-refractivity contribution in [3.63, 3.8) is 0 Å². The number of rotatable bonds is 9. The second-order valence-electron chi connectivity index (χ2n) is 4.94. The smallest absolute Gasteiger partial charge is 0.133 e. The summed E-state index contributed by atoms with van der Waals surface area (Å²) >= 11 is 3.49. The van der Waals surface area contributed by atoms with Gasteiger partial charge in [-0.2, -0.15) is 0 Å². The van der Waals surface area contributed by atoms with Crippen LogP contribution in [0.2, 0.25) is 0 Å². The molecule has 0 aromatic heterocycles. The molecule has 0 spiro atoms. The van der Waals surface area contributed by atoms with Crippen molar-refractivity contribution >= 4 is 15.9 Å². The number of halogens is 1. The van der Waals surface area contributed by atoms with Gasteiger partial charge in [-0.25, -0.2) is 0 Å². The fourth-order valence-corrected chi connectivity index (χ4v) is 2.21. The van der Waals surface area contributed by atoms with Crippen LogP contribution in [0.3, 0.4) is 0 Å². The van der Waals surface area contributed by atoms with Gasteiger partial charge in [0.25, 0.3) is 0 Å². The monoisotopic (exact) mass is 329 g/mol. The third kappa shape index (κ3) is 6.95. The molecule has 0 saturated heterocycles. The van der Waals surface area contributed by atoms with E-state index in [0.717, 1.165) is 42.9 Å². The second-order valence-corrected chi connectivity index (χ2v) is 5.79. The fourth-order valence-electron chi connectivity index (χ4n) is 1.62. The maximum Gasteiger partial charge on any atom is 0.133 e. The van der Waals surface area contributed by atoms with Crippen LogP contribution < -0.4 is 10.1 Å². The van der Waals surface area contributed by atoms with E-state index in [1.807, 2.05) is 6.07 Å². The molecule has 19 heavy (non-hydrogen) atoms. The molecular weight excluding hydrogens is 306 g/mol. The van der Waals surface area contributed by atoms with E-state index in [9.17, 15) is 0 Å². The molecule has 0 heterocycles. The maximum absolute atomic E-state index is 5.55. The molecule has 0 amide bonds. The van der Waals surface area contributed by atoms with E-state index >= 15 is 0 Å². The van der Waals surface area contributed by atoms with Crippen molar-refractivity contribution in [1.29, 1.82) is 0 Å². The first-order valence-electron chi connectivity index (χ1n) is 6.74. The van der Waals surface area contributed by atoms with Gasteiger partial charge in [-0.15, -0.1) is 0 Å². The van der Waals surface area contributed by atoms with E-state index in [1.165, 1.54) is 5.56 Å². The molecule has 0 aliphatic carbocycles. The number of methoxy groups -OCH3 is 1. The Morgan fingerprint density at radius 2 is 2.05 bits per heavy atom. The third-order valence-electron chi connectivity index (χ3n) is 2.81. The predicted molar refractivity (Wildman–Crippen MR) is 82.7 cm³/mol. The summed E-state index contributed by atoms with van der Waals surface area (Å²) in [6.45, 7) is 7.77. The molecule has 108 valence electrons. The van der Waals surface area contributed by atoms with E-state index < -0.39 is 0 Å². The molecular formula is C15H24BrNO2. The van der Waals surface area contributed by atoms with Crippen LogP contribution in [0.5, 0.6) is 5.75 Å². The van der Waals surface area contributed by atoms with Crippen molar-refractivity contribution in [2.45, 2.75) is 26.8 Å². The Labute approximate surface area is 124 Å². The highest BCUT2D eigenvalue weighted by Gasteiger charge is 2.01. The summed E-state index contributed by atoms with van der Waals surface area (Å²) in [5.74, 6) is 1.57. The van der Waals surface area contributed by atoms with Crippen molar-refractivity contribution in [3.05, 3.63) is 28.2 Å². The van der Waals surface area contributed by atoms with E-state index in [-0.39, 0.29) is 0 Å². The zero-order chi connectivity index (χ0) is 14.1. The van der Waals surface area contributed by atoms with Crippen molar-refractivity contribution in [3.8, 4) is 5.75 Å². The van der Waals surface area contributed by atoms with Gasteiger partial charge < -0.3 is 14.8 Å². The summed E-state index contributed by atoms with van der Waals surface area (Å²) in [6, 6.07) is 6.11. The average molecular weight is 330 g/mol. The molecule has 0 saturated carbocycles. The van der Waals surface area contributed by atoms with Gasteiger partial charge in [0.15, 0.2) is 0 Å². The summed E-state index contributed by atoms with van der Waals surface area (Å²) in [5, 5.41) is 3.37. The molecule has 0 unspecified atom stereocenters. The maximum atomic E-state index is 5.55. The highest BCUT2D eigenvalue weighted by Crippen LogP contribution is 2.25. The summed E-state index contributed by atoms with van der Waals surface area (Å²) in [7, 11) is 1.67. The molecule has 0 aliphatic rings. The minimum atomic E-state index is 0.713. The van der Waals surface area contributed by atoms with Crippen LogP contribution in [0.25, 0.3) is 0 Å². The van der Waals surface area contributed by atoms with E-state index in [4.69, 9.17) is 9.47 Å². The Morgan fingerprint density at radius 3 is 2.68 bits per heavy atom. The van der Waals surface area contributed by atoms with Crippen LogP contribution in [-0.4, -0.2) is 26.9 Å². The Balaban J connectivity index is 2.14. The molecule has 0 atom stereocenters. The van der Waals surface area contributed by atoms with E-state index in [1.54, 1.807) is 7.11 Å². The van der Waals surface area contributed by atoms with Gasteiger partial charge in [0.2, 0.25) is 0 Å². The fraction of sp³-hybridized carbons (Fsp3) is 0.600. The summed E-state index contributed by atoms with van der Waals surface area (Å²) in [5.41, 5.74) is 1.23. The van der Waals surface area contributed by atoms with Crippen LogP contribution in [0.15, 0.2) is 22.7 Å². The minimum absolute atomic E-state index is 0.713. The van der Waals surface area contributed by atoms with Crippen molar-refractivity contribution in [2.75, 3.05) is 26.9 Å². The summed E-state index contributed by atoms with van der Waals surface area (Å²) < 4.78 is 11.7. The lowest BCUT2D eigenvalue weighted by molar-refractivity contribution is 0.125. The molecule has 0 fully saturated rings. The first kappa shape index (κ1) is 16.5.